The molecule has 0 spiro atoms. The summed E-state index contributed by atoms with van der Waals surface area (Å²) < 4.78 is 5.14. The van der Waals surface area contributed by atoms with Crippen molar-refractivity contribution in [3.8, 4) is 12.3 Å². The van der Waals surface area contributed by atoms with Crippen LogP contribution < -0.4 is 5.32 Å². The second-order valence-corrected chi connectivity index (χ2v) is 3.58. The van der Waals surface area contributed by atoms with Crippen LogP contribution in [0.3, 0.4) is 0 Å². The molecule has 3 nitrogen and oxygen atoms in total. The second kappa shape index (κ2) is 5.66. The van der Waals surface area contributed by atoms with E-state index in [2.05, 4.69) is 18.2 Å². The molecular weight excluding hydrogens is 178 g/mol. The molecule has 2 atom stereocenters. The van der Waals surface area contributed by atoms with Gasteiger partial charge in [0.1, 0.15) is 0 Å². The van der Waals surface area contributed by atoms with Crippen LogP contribution in [0.4, 0.5) is 0 Å². The zero-order valence-electron chi connectivity index (χ0n) is 8.58. The van der Waals surface area contributed by atoms with Crippen molar-refractivity contribution in [3.05, 3.63) is 0 Å². The van der Waals surface area contributed by atoms with Crippen molar-refractivity contribution >= 4 is 5.91 Å². The van der Waals surface area contributed by atoms with Gasteiger partial charge in [-0.2, -0.15) is 0 Å². The molecule has 0 bridgehead atoms. The number of ether oxygens (including phenoxy) is 1. The summed E-state index contributed by atoms with van der Waals surface area (Å²) in [5, 5.41) is 2.85. The van der Waals surface area contributed by atoms with Crippen LogP contribution in [-0.4, -0.2) is 25.2 Å². The van der Waals surface area contributed by atoms with E-state index in [0.717, 1.165) is 19.3 Å². The first-order valence-electron chi connectivity index (χ1n) is 5.12. The van der Waals surface area contributed by atoms with Crippen molar-refractivity contribution in [1.29, 1.82) is 0 Å². The highest BCUT2D eigenvalue weighted by molar-refractivity contribution is 5.79. The number of nitrogens with one attached hydrogen (secondary N) is 1. The fourth-order valence-corrected chi connectivity index (χ4v) is 1.52. The van der Waals surface area contributed by atoms with Gasteiger partial charge in [-0.1, -0.05) is 19.3 Å². The molecule has 1 fully saturated rings. The fourth-order valence-electron chi connectivity index (χ4n) is 1.52. The van der Waals surface area contributed by atoms with E-state index in [-0.39, 0.29) is 17.9 Å². The van der Waals surface area contributed by atoms with Gasteiger partial charge in [0.15, 0.2) is 0 Å². The molecule has 78 valence electrons. The topological polar surface area (TPSA) is 38.3 Å². The van der Waals surface area contributed by atoms with Crippen LogP contribution in [0.1, 0.15) is 26.2 Å². The molecule has 0 aromatic heterocycles. The summed E-state index contributed by atoms with van der Waals surface area (Å²) in [5.74, 6) is 2.63. The number of terminal acetylenes is 1. The molecule has 1 N–H and O–H groups in total. The number of hydrogen-bond acceptors (Lipinski definition) is 2. The standard InChI is InChI=1S/C11H17NO2/c1-3-5-10(4-2)12-11(13)9-6-7-14-8-9/h2,9-10H,3,5-8H2,1H3,(H,12,13). The minimum Gasteiger partial charge on any atom is -0.381 e. The Balaban J connectivity index is 2.34. The Bertz CT molecular complexity index is 226. The number of carbonyl (C=O) groups excluding carboxylic acids is 1. The summed E-state index contributed by atoms with van der Waals surface area (Å²) in [4.78, 5) is 11.6. The third kappa shape index (κ3) is 3.04. The monoisotopic (exact) mass is 195 g/mol. The Morgan fingerprint density at radius 2 is 2.57 bits per heavy atom. The molecule has 0 aromatic rings. The first-order chi connectivity index (χ1) is 6.77. The van der Waals surface area contributed by atoms with Gasteiger partial charge in [0.2, 0.25) is 5.91 Å². The lowest BCUT2D eigenvalue weighted by atomic mass is 10.1. The van der Waals surface area contributed by atoms with E-state index in [1.54, 1.807) is 0 Å². The molecule has 1 aliphatic heterocycles. The Morgan fingerprint density at radius 1 is 1.79 bits per heavy atom. The summed E-state index contributed by atoms with van der Waals surface area (Å²) >= 11 is 0. The van der Waals surface area contributed by atoms with Crippen LogP contribution in [0.25, 0.3) is 0 Å². The average Bonchev–Trinajstić information content (AvgIpc) is 2.69. The van der Waals surface area contributed by atoms with E-state index >= 15 is 0 Å². The highest BCUT2D eigenvalue weighted by Gasteiger charge is 2.24. The first-order valence-corrected chi connectivity index (χ1v) is 5.12. The second-order valence-electron chi connectivity index (χ2n) is 3.58. The zero-order valence-corrected chi connectivity index (χ0v) is 8.58. The van der Waals surface area contributed by atoms with E-state index in [1.807, 2.05) is 0 Å². The molecule has 1 aliphatic rings. The lowest BCUT2D eigenvalue weighted by Gasteiger charge is -2.14. The van der Waals surface area contributed by atoms with Gasteiger partial charge in [-0.3, -0.25) is 4.79 Å². The summed E-state index contributed by atoms with van der Waals surface area (Å²) in [6.07, 6.45) is 7.95. The van der Waals surface area contributed by atoms with Crippen LogP contribution in [0.15, 0.2) is 0 Å². The summed E-state index contributed by atoms with van der Waals surface area (Å²) in [6, 6.07) is -0.117. The molecule has 1 rings (SSSR count). The lowest BCUT2D eigenvalue weighted by molar-refractivity contribution is -0.125. The molecule has 1 heterocycles. The lowest BCUT2D eigenvalue weighted by Crippen LogP contribution is -2.38. The Morgan fingerprint density at radius 3 is 3.07 bits per heavy atom. The number of carbonyl (C=O) groups is 1. The van der Waals surface area contributed by atoms with Gasteiger partial charge in [-0.05, 0) is 12.8 Å². The quantitative estimate of drug-likeness (QED) is 0.678. The number of hydrogen-bond donors (Lipinski definition) is 1. The molecule has 0 aliphatic carbocycles. The highest BCUT2D eigenvalue weighted by atomic mass is 16.5. The molecule has 14 heavy (non-hydrogen) atoms. The Kier molecular flexibility index (Phi) is 4.48. The van der Waals surface area contributed by atoms with Gasteiger partial charge < -0.3 is 10.1 Å². The maximum absolute atomic E-state index is 11.6. The van der Waals surface area contributed by atoms with Crippen LogP contribution in [-0.2, 0) is 9.53 Å². The van der Waals surface area contributed by atoms with Crippen molar-refractivity contribution in [1.82, 2.24) is 5.32 Å². The van der Waals surface area contributed by atoms with Gasteiger partial charge in [-0.15, -0.1) is 6.42 Å². The number of amides is 1. The smallest absolute Gasteiger partial charge is 0.226 e. The number of rotatable bonds is 4. The Labute approximate surface area is 85.2 Å². The molecule has 1 amide bonds. The van der Waals surface area contributed by atoms with Crippen LogP contribution in [0, 0.1) is 18.3 Å². The minimum atomic E-state index is -0.117. The van der Waals surface area contributed by atoms with Crippen LogP contribution >= 0.6 is 0 Å². The van der Waals surface area contributed by atoms with Crippen molar-refractivity contribution in [3.63, 3.8) is 0 Å². The summed E-state index contributed by atoms with van der Waals surface area (Å²) in [5.41, 5.74) is 0. The maximum Gasteiger partial charge on any atom is 0.226 e. The fraction of sp³-hybridized carbons (Fsp3) is 0.727. The highest BCUT2D eigenvalue weighted by Crippen LogP contribution is 2.12. The van der Waals surface area contributed by atoms with Gasteiger partial charge in [-0.25, -0.2) is 0 Å². The molecule has 0 radical (unpaired) electrons. The molecule has 2 unspecified atom stereocenters. The molecule has 1 saturated heterocycles. The van der Waals surface area contributed by atoms with Crippen molar-refractivity contribution in [2.45, 2.75) is 32.2 Å². The van der Waals surface area contributed by atoms with E-state index in [9.17, 15) is 4.79 Å². The van der Waals surface area contributed by atoms with E-state index in [1.165, 1.54) is 0 Å². The molecular formula is C11H17NO2. The van der Waals surface area contributed by atoms with Crippen molar-refractivity contribution in [2.24, 2.45) is 5.92 Å². The van der Waals surface area contributed by atoms with Crippen LogP contribution in [0.5, 0.6) is 0 Å². The SMILES string of the molecule is C#CC(CCC)NC(=O)C1CCOC1. The van der Waals surface area contributed by atoms with Gasteiger partial charge in [0.05, 0.1) is 18.6 Å². The predicted molar refractivity (Wildman–Crippen MR) is 54.6 cm³/mol. The largest absolute Gasteiger partial charge is 0.381 e. The first kappa shape index (κ1) is 11.1. The van der Waals surface area contributed by atoms with Crippen molar-refractivity contribution < 1.29 is 9.53 Å². The molecule has 3 heteroatoms. The Hall–Kier alpha value is -1.01. The molecule has 0 aromatic carbocycles. The minimum absolute atomic E-state index is 0.00251. The predicted octanol–water partition coefficient (Wildman–Crippen LogP) is 0.941. The van der Waals surface area contributed by atoms with Gasteiger partial charge in [0, 0.05) is 6.61 Å². The van der Waals surface area contributed by atoms with E-state index in [4.69, 9.17) is 11.2 Å². The van der Waals surface area contributed by atoms with Gasteiger partial charge >= 0.3 is 0 Å². The average molecular weight is 195 g/mol. The molecule has 0 saturated carbocycles. The normalized spacial score (nSPS) is 22.7. The maximum atomic E-state index is 11.6. The third-order valence-electron chi connectivity index (χ3n) is 2.40. The van der Waals surface area contributed by atoms with E-state index < -0.39 is 0 Å². The summed E-state index contributed by atoms with van der Waals surface area (Å²) in [7, 11) is 0. The van der Waals surface area contributed by atoms with Crippen LogP contribution in [0.2, 0.25) is 0 Å². The van der Waals surface area contributed by atoms with E-state index in [0.29, 0.717) is 13.2 Å². The van der Waals surface area contributed by atoms with Crippen molar-refractivity contribution in [2.75, 3.05) is 13.2 Å². The third-order valence-corrected chi connectivity index (χ3v) is 2.40. The van der Waals surface area contributed by atoms with Gasteiger partial charge in [0.25, 0.3) is 0 Å². The summed E-state index contributed by atoms with van der Waals surface area (Å²) in [6.45, 7) is 3.27. The zero-order chi connectivity index (χ0) is 10.4.